The third-order valence-electron chi connectivity index (χ3n) is 21.3. The molecule has 0 N–H and O–H groups in total. The number of ketones is 1. The van der Waals surface area contributed by atoms with E-state index in [1.54, 1.807) is 19.2 Å². The first-order valence-electron chi connectivity index (χ1n) is 32.4. The standard InChI is InChI=1S/C66H109BrO14Si3/c1-18-84(19-2,20-3)71-32-24-27-46-33-41(4)43(6)53(73-46)38-54-50(58(70-13)56(76-54)37-49(81-83(16,17)66(10,11)12)40-72-82(14,15)65(7,8)9)36-45(68)35-48-29-31-52-59(74-48)61-63-62(78-52)60-57(80-63)39-55(79-61)51(77-60)30-28-47(34-42(5)67)75-64(69)44-25-22-21-23-26-44/h21-23,25-26,41,46-63H,5-6,18-20,24,27-40H2,1-4,7-17H3/t41?,46?,47?,48?,49?,50?,51-,52?,53?,54?,55?,56-,57?,58-,59+,60?,61?,62+,63?/m1/s1. The molecule has 1 aromatic rings. The summed E-state index contributed by atoms with van der Waals surface area (Å²) in [5, 5.41) is 0.0113. The first kappa shape index (κ1) is 68.4. The minimum Gasteiger partial charge on any atom is -0.458 e. The summed E-state index contributed by atoms with van der Waals surface area (Å²) in [5.74, 6) is -0.217. The fourth-order valence-corrected chi connectivity index (χ4v) is 19.4. The first-order valence-corrected chi connectivity index (χ1v) is 41.6. The van der Waals surface area contributed by atoms with E-state index >= 15 is 0 Å². The molecule has 7 heterocycles. The Kier molecular flexibility index (Phi) is 23.5. The summed E-state index contributed by atoms with van der Waals surface area (Å²) in [6, 6.07) is 12.5. The summed E-state index contributed by atoms with van der Waals surface area (Å²) in [5.41, 5.74) is 1.59. The van der Waals surface area contributed by atoms with Gasteiger partial charge in [0.2, 0.25) is 0 Å². The average Bonchev–Trinajstić information content (AvgIpc) is 2.59. The van der Waals surface area contributed by atoms with Gasteiger partial charge in [0.15, 0.2) is 25.0 Å². The number of carbonyl (C=O) groups is 2. The van der Waals surface area contributed by atoms with Crippen molar-refractivity contribution >= 4 is 52.6 Å². The van der Waals surface area contributed by atoms with Crippen LogP contribution in [0.15, 0.2) is 53.5 Å². The maximum absolute atomic E-state index is 15.0. The Balaban J connectivity index is 0.969. The summed E-state index contributed by atoms with van der Waals surface area (Å²) >= 11 is 3.51. The van der Waals surface area contributed by atoms with E-state index in [1.807, 2.05) is 18.2 Å². The minimum atomic E-state index is -2.27. The summed E-state index contributed by atoms with van der Waals surface area (Å²) < 4.78 is 83.3. The van der Waals surface area contributed by atoms with Gasteiger partial charge in [-0.05, 0) is 127 Å². The zero-order valence-corrected chi connectivity index (χ0v) is 58.7. The van der Waals surface area contributed by atoms with Gasteiger partial charge in [-0.2, -0.15) is 0 Å². The second-order valence-electron chi connectivity index (χ2n) is 29.0. The molecule has 84 heavy (non-hydrogen) atoms. The Morgan fingerprint density at radius 3 is 2.00 bits per heavy atom. The molecule has 0 saturated carbocycles. The second-order valence-corrected chi connectivity index (χ2v) is 44.5. The van der Waals surface area contributed by atoms with Crippen LogP contribution in [-0.4, -0.2) is 161 Å². The van der Waals surface area contributed by atoms with Crippen LogP contribution in [0.4, 0.5) is 0 Å². The third-order valence-corrected chi connectivity index (χ3v) is 35.4. The van der Waals surface area contributed by atoms with Crippen molar-refractivity contribution in [3.05, 3.63) is 59.1 Å². The average molecular weight is 1290 g/mol. The predicted octanol–water partition coefficient (Wildman–Crippen LogP) is 14.4. The number of rotatable bonds is 29. The molecule has 18 heteroatoms. The van der Waals surface area contributed by atoms with Crippen LogP contribution in [0.1, 0.15) is 163 Å². The van der Waals surface area contributed by atoms with E-state index in [0.717, 1.165) is 60.5 Å². The van der Waals surface area contributed by atoms with E-state index < -0.39 is 37.2 Å². The lowest BCUT2D eigenvalue weighted by molar-refractivity contribution is -0.301. The summed E-state index contributed by atoms with van der Waals surface area (Å²) in [6.07, 6.45) is 3.49. The van der Waals surface area contributed by atoms with Crippen LogP contribution >= 0.6 is 15.9 Å². The number of carbonyl (C=O) groups excluding carboxylic acids is 2. The van der Waals surface area contributed by atoms with Crippen molar-refractivity contribution in [3.63, 3.8) is 0 Å². The third kappa shape index (κ3) is 16.3. The van der Waals surface area contributed by atoms with Crippen LogP contribution < -0.4 is 0 Å². The quantitative estimate of drug-likeness (QED) is 0.0325. The molecule has 19 atom stereocenters. The number of hydrogen-bond acceptors (Lipinski definition) is 14. The summed E-state index contributed by atoms with van der Waals surface area (Å²) in [7, 11) is -4.34. The highest BCUT2D eigenvalue weighted by atomic mass is 79.9. The number of hydrogen-bond donors (Lipinski definition) is 0. The van der Waals surface area contributed by atoms with Gasteiger partial charge < -0.3 is 55.9 Å². The smallest absolute Gasteiger partial charge is 0.338 e. The van der Waals surface area contributed by atoms with E-state index in [-0.39, 0.29) is 138 Å². The van der Waals surface area contributed by atoms with Crippen molar-refractivity contribution in [2.75, 3.05) is 20.3 Å². The number of fused-ring (bicyclic) bond motifs is 4. The van der Waals surface area contributed by atoms with Crippen LogP contribution in [0, 0.1) is 11.8 Å². The van der Waals surface area contributed by atoms with Crippen LogP contribution in [-0.2, 0) is 60.7 Å². The molecular formula is C66H109BrO14Si3. The van der Waals surface area contributed by atoms with Crippen LogP contribution in [0.5, 0.6) is 0 Å². The molecule has 7 saturated heterocycles. The molecule has 0 spiro atoms. The molecular weight excluding hydrogens is 1180 g/mol. The molecule has 7 fully saturated rings. The maximum atomic E-state index is 15.0. The van der Waals surface area contributed by atoms with Crippen LogP contribution in [0.25, 0.3) is 0 Å². The SMILES string of the molecule is C=C(Br)CC(CC[C@H]1OC2C3CC1OC1C(O3)[C@H]2OC2CCC(CC(=O)CC3C(CC4OC(CCCO[Si](CC)(CC)CC)CC(C)C4=C)O[C@H](CC(CO[Si](C)(C)C(C)(C)C)O[Si](C)(C)C(C)(C)C)[C@@H]3OC)O[C@@H]21)OC(=O)c1ccccc1. The number of ether oxygens (including phenoxy) is 9. The fraction of sp³-hybridized carbons (Fsp3) is 0.818. The number of esters is 1. The minimum absolute atomic E-state index is 0.0182. The van der Waals surface area contributed by atoms with Crippen molar-refractivity contribution in [1.29, 1.82) is 0 Å². The van der Waals surface area contributed by atoms with Crippen molar-refractivity contribution < 1.29 is 65.5 Å². The molecule has 1 aromatic carbocycles. The Bertz CT molecular complexity index is 2330. The lowest BCUT2D eigenvalue weighted by atomic mass is 9.81. The van der Waals surface area contributed by atoms with Crippen molar-refractivity contribution in [2.24, 2.45) is 11.8 Å². The number of methoxy groups -OCH3 is 1. The van der Waals surface area contributed by atoms with Crippen molar-refractivity contribution in [2.45, 2.75) is 311 Å². The maximum Gasteiger partial charge on any atom is 0.338 e. The molecule has 476 valence electrons. The van der Waals surface area contributed by atoms with Gasteiger partial charge in [-0.3, -0.25) is 4.79 Å². The van der Waals surface area contributed by atoms with Crippen LogP contribution in [0.3, 0.4) is 0 Å². The van der Waals surface area contributed by atoms with Gasteiger partial charge in [0.25, 0.3) is 0 Å². The molecule has 0 amide bonds. The Morgan fingerprint density at radius 1 is 0.714 bits per heavy atom. The Hall–Kier alpha value is -1.47. The number of benzene rings is 1. The topological polar surface area (TPSA) is 145 Å². The van der Waals surface area contributed by atoms with Gasteiger partial charge in [0.1, 0.15) is 42.4 Å². The monoisotopic (exact) mass is 1290 g/mol. The van der Waals surface area contributed by atoms with Gasteiger partial charge >= 0.3 is 5.97 Å². The molecule has 8 rings (SSSR count). The highest BCUT2D eigenvalue weighted by Crippen LogP contribution is 2.50. The van der Waals surface area contributed by atoms with E-state index in [1.165, 1.54) is 0 Å². The van der Waals surface area contributed by atoms with E-state index in [9.17, 15) is 9.59 Å². The Labute approximate surface area is 517 Å². The van der Waals surface area contributed by atoms with E-state index in [4.69, 9.17) is 55.9 Å². The summed E-state index contributed by atoms with van der Waals surface area (Å²) in [6.45, 7) is 42.0. The lowest BCUT2D eigenvalue weighted by Gasteiger charge is -2.51. The normalized spacial score (nSPS) is 34.2. The molecule has 14 nitrogen and oxygen atoms in total. The van der Waals surface area contributed by atoms with Gasteiger partial charge in [-0.1, -0.05) is 117 Å². The van der Waals surface area contributed by atoms with Gasteiger partial charge in [-0.15, -0.1) is 0 Å². The molecule has 14 unspecified atom stereocenters. The molecule has 7 aliphatic heterocycles. The zero-order valence-electron chi connectivity index (χ0n) is 54.1. The predicted molar refractivity (Wildman–Crippen MR) is 340 cm³/mol. The molecule has 0 aliphatic carbocycles. The van der Waals surface area contributed by atoms with Crippen LogP contribution in [0.2, 0.25) is 54.4 Å². The van der Waals surface area contributed by atoms with E-state index in [0.29, 0.717) is 57.1 Å². The van der Waals surface area contributed by atoms with Gasteiger partial charge in [0, 0.05) is 58.2 Å². The highest BCUT2D eigenvalue weighted by Gasteiger charge is 2.64. The lowest BCUT2D eigenvalue weighted by Crippen LogP contribution is -2.66. The summed E-state index contributed by atoms with van der Waals surface area (Å²) in [4.78, 5) is 28.2. The molecule has 0 radical (unpaired) electrons. The van der Waals surface area contributed by atoms with Gasteiger partial charge in [0.05, 0.1) is 79.3 Å². The van der Waals surface area contributed by atoms with E-state index in [2.05, 4.69) is 125 Å². The second kappa shape index (κ2) is 28.8. The van der Waals surface area contributed by atoms with Crippen molar-refractivity contribution in [3.8, 4) is 0 Å². The highest BCUT2D eigenvalue weighted by molar-refractivity contribution is 9.11. The molecule has 0 aromatic heterocycles. The largest absolute Gasteiger partial charge is 0.458 e. The molecule has 7 aliphatic rings. The Morgan fingerprint density at radius 2 is 1.36 bits per heavy atom. The van der Waals surface area contributed by atoms with Crippen molar-refractivity contribution in [1.82, 2.24) is 0 Å². The zero-order chi connectivity index (χ0) is 61.1. The first-order chi connectivity index (χ1) is 39.6. The molecule has 3 bridgehead atoms. The number of Topliss-reactive ketones (excluding diaryl/α,β-unsaturated/α-hetero) is 1. The fourth-order valence-electron chi connectivity index (χ4n) is 13.9. The van der Waals surface area contributed by atoms with Gasteiger partial charge in [-0.25, -0.2) is 4.79 Å². The number of halogens is 1.